The number of hydrogen-bond donors (Lipinski definition) is 0. The Morgan fingerprint density at radius 3 is 2.33 bits per heavy atom. The quantitative estimate of drug-likeness (QED) is 0.605. The Balaban J connectivity index is 1.54. The molecule has 1 aliphatic carbocycles. The molecule has 1 saturated carbocycles. The summed E-state index contributed by atoms with van der Waals surface area (Å²) in [5, 5.41) is 0. The summed E-state index contributed by atoms with van der Waals surface area (Å²) < 4.78 is 45.1. The Hall–Kier alpha value is -2.30. The summed E-state index contributed by atoms with van der Waals surface area (Å²) in [6.45, 7) is 2.05. The van der Waals surface area contributed by atoms with E-state index in [0.717, 1.165) is 25.0 Å². The molecule has 27 heavy (non-hydrogen) atoms. The van der Waals surface area contributed by atoms with Crippen molar-refractivity contribution in [3.05, 3.63) is 64.7 Å². The molecule has 142 valence electrons. The van der Waals surface area contributed by atoms with Gasteiger partial charge in [0, 0.05) is 0 Å². The van der Waals surface area contributed by atoms with Gasteiger partial charge in [-0.05, 0) is 62.3 Å². The van der Waals surface area contributed by atoms with Gasteiger partial charge in [-0.15, -0.1) is 0 Å². The number of alkyl halides is 3. The number of halogens is 3. The molecule has 2 aliphatic rings. The highest BCUT2D eigenvalue weighted by molar-refractivity contribution is 6.00. The van der Waals surface area contributed by atoms with Crippen LogP contribution in [0.3, 0.4) is 0 Å². The second kappa shape index (κ2) is 6.39. The van der Waals surface area contributed by atoms with Crippen molar-refractivity contribution in [2.75, 3.05) is 0 Å². The van der Waals surface area contributed by atoms with Crippen LogP contribution in [0.5, 0.6) is 5.75 Å². The third kappa shape index (κ3) is 3.47. The average molecular weight is 374 g/mol. The first-order valence-corrected chi connectivity index (χ1v) is 9.26. The van der Waals surface area contributed by atoms with E-state index in [2.05, 4.69) is 24.3 Å². The molecule has 4 rings (SSSR count). The number of fused-ring (bicyclic) bond motifs is 1. The van der Waals surface area contributed by atoms with Gasteiger partial charge in [0.1, 0.15) is 11.4 Å². The molecule has 0 unspecified atom stereocenters. The van der Waals surface area contributed by atoms with Crippen LogP contribution in [0.15, 0.2) is 42.5 Å². The van der Waals surface area contributed by atoms with Crippen molar-refractivity contribution < 1.29 is 22.7 Å². The summed E-state index contributed by atoms with van der Waals surface area (Å²) in [4.78, 5) is 12.5. The fourth-order valence-electron chi connectivity index (χ4n) is 4.27. The molecule has 2 aromatic rings. The first kappa shape index (κ1) is 18.1. The molecule has 1 spiro atoms. The average Bonchev–Trinajstić information content (AvgIpc) is 2.62. The first-order chi connectivity index (χ1) is 12.8. The number of Topliss-reactive ketones (excluding diaryl/α,β-unsaturated/α-hetero) is 1. The predicted molar refractivity (Wildman–Crippen MR) is 96.1 cm³/mol. The van der Waals surface area contributed by atoms with Crippen LogP contribution in [0.2, 0.25) is 0 Å². The van der Waals surface area contributed by atoms with E-state index in [-0.39, 0.29) is 23.5 Å². The zero-order valence-electron chi connectivity index (χ0n) is 15.1. The Morgan fingerprint density at radius 1 is 1.04 bits per heavy atom. The lowest BCUT2D eigenvalue weighted by molar-refractivity contribution is -0.137. The van der Waals surface area contributed by atoms with Crippen LogP contribution in [0.1, 0.15) is 65.1 Å². The Labute approximate surface area is 156 Å². The Bertz CT molecular complexity index is 860. The van der Waals surface area contributed by atoms with E-state index in [4.69, 9.17) is 4.74 Å². The predicted octanol–water partition coefficient (Wildman–Crippen LogP) is 6.08. The van der Waals surface area contributed by atoms with Crippen molar-refractivity contribution in [2.45, 2.75) is 56.7 Å². The van der Waals surface area contributed by atoms with Crippen molar-refractivity contribution in [3.63, 3.8) is 0 Å². The van der Waals surface area contributed by atoms with Crippen LogP contribution in [-0.2, 0) is 6.18 Å². The minimum absolute atomic E-state index is 0.0786. The monoisotopic (exact) mass is 374 g/mol. The smallest absolute Gasteiger partial charge is 0.416 e. The van der Waals surface area contributed by atoms with Gasteiger partial charge in [-0.3, -0.25) is 4.79 Å². The van der Waals surface area contributed by atoms with Crippen molar-refractivity contribution >= 4 is 5.78 Å². The summed E-state index contributed by atoms with van der Waals surface area (Å²) in [6.07, 6.45) is -1.13. The normalized spacial score (nSPS) is 25.2. The number of carbonyl (C=O) groups excluding carboxylic acids is 1. The second-order valence-corrected chi connectivity index (χ2v) is 7.78. The van der Waals surface area contributed by atoms with Crippen molar-refractivity contribution in [1.29, 1.82) is 0 Å². The molecule has 0 saturated heterocycles. The maximum atomic E-state index is 13.0. The molecular formula is C22H21F3O2. The number of ketones is 1. The molecule has 0 N–H and O–H groups in total. The molecule has 0 aromatic heterocycles. The lowest BCUT2D eigenvalue weighted by Gasteiger charge is -2.43. The fourth-order valence-corrected chi connectivity index (χ4v) is 4.27. The summed E-state index contributed by atoms with van der Waals surface area (Å²) in [6, 6.07) is 11.6. The van der Waals surface area contributed by atoms with E-state index >= 15 is 0 Å². The topological polar surface area (TPSA) is 26.3 Å². The number of aryl methyl sites for hydroxylation is 1. The van der Waals surface area contributed by atoms with E-state index < -0.39 is 17.3 Å². The third-order valence-electron chi connectivity index (χ3n) is 5.86. The largest absolute Gasteiger partial charge is 0.486 e. The van der Waals surface area contributed by atoms with Crippen LogP contribution in [0, 0.1) is 6.92 Å². The number of hydrogen-bond acceptors (Lipinski definition) is 2. The van der Waals surface area contributed by atoms with Crippen LogP contribution in [-0.4, -0.2) is 11.4 Å². The molecule has 0 amide bonds. The molecule has 1 aliphatic heterocycles. The SMILES string of the molecule is Cc1ccc(C2CCC3(CC2)CC(=O)c2ccc(C(F)(F)F)cc2O3)cc1. The summed E-state index contributed by atoms with van der Waals surface area (Å²) in [7, 11) is 0. The van der Waals surface area contributed by atoms with E-state index in [1.807, 2.05) is 6.92 Å². The highest BCUT2D eigenvalue weighted by atomic mass is 19.4. The van der Waals surface area contributed by atoms with Gasteiger partial charge in [0.2, 0.25) is 0 Å². The third-order valence-corrected chi connectivity index (χ3v) is 5.86. The van der Waals surface area contributed by atoms with Crippen LogP contribution >= 0.6 is 0 Å². The van der Waals surface area contributed by atoms with Crippen LogP contribution in [0.4, 0.5) is 13.2 Å². The highest BCUT2D eigenvalue weighted by Gasteiger charge is 2.44. The lowest BCUT2D eigenvalue weighted by atomic mass is 9.72. The van der Waals surface area contributed by atoms with Gasteiger partial charge in [-0.25, -0.2) is 0 Å². The summed E-state index contributed by atoms with van der Waals surface area (Å²) >= 11 is 0. The molecule has 2 nitrogen and oxygen atoms in total. The van der Waals surface area contributed by atoms with Crippen LogP contribution in [0.25, 0.3) is 0 Å². The van der Waals surface area contributed by atoms with Gasteiger partial charge in [0.25, 0.3) is 0 Å². The van der Waals surface area contributed by atoms with Gasteiger partial charge in [-0.2, -0.15) is 13.2 Å². The summed E-state index contributed by atoms with van der Waals surface area (Å²) in [5.74, 6) is 0.353. The van der Waals surface area contributed by atoms with Gasteiger partial charge in [-0.1, -0.05) is 29.8 Å². The van der Waals surface area contributed by atoms with Gasteiger partial charge in [0.05, 0.1) is 17.5 Å². The van der Waals surface area contributed by atoms with E-state index in [0.29, 0.717) is 18.8 Å². The Morgan fingerprint density at radius 2 is 1.70 bits per heavy atom. The van der Waals surface area contributed by atoms with Crippen molar-refractivity contribution in [2.24, 2.45) is 0 Å². The van der Waals surface area contributed by atoms with Crippen LogP contribution < -0.4 is 4.74 Å². The highest BCUT2D eigenvalue weighted by Crippen LogP contribution is 2.46. The maximum Gasteiger partial charge on any atom is 0.416 e. The van der Waals surface area contributed by atoms with E-state index in [1.54, 1.807) is 0 Å². The maximum absolute atomic E-state index is 13.0. The molecular weight excluding hydrogens is 353 g/mol. The minimum Gasteiger partial charge on any atom is -0.486 e. The number of ether oxygens (including phenoxy) is 1. The number of benzene rings is 2. The zero-order valence-corrected chi connectivity index (χ0v) is 15.1. The fraction of sp³-hybridized carbons (Fsp3) is 0.409. The molecule has 2 aromatic carbocycles. The first-order valence-electron chi connectivity index (χ1n) is 9.26. The van der Waals surface area contributed by atoms with Gasteiger partial charge in [0.15, 0.2) is 5.78 Å². The van der Waals surface area contributed by atoms with E-state index in [9.17, 15) is 18.0 Å². The molecule has 5 heteroatoms. The Kier molecular flexibility index (Phi) is 4.28. The summed E-state index contributed by atoms with van der Waals surface area (Å²) in [5.41, 5.74) is 1.30. The molecule has 1 fully saturated rings. The number of carbonyl (C=O) groups is 1. The van der Waals surface area contributed by atoms with Gasteiger partial charge >= 0.3 is 6.18 Å². The molecule has 0 atom stereocenters. The molecule has 0 bridgehead atoms. The number of rotatable bonds is 1. The molecule has 0 radical (unpaired) electrons. The second-order valence-electron chi connectivity index (χ2n) is 7.78. The lowest BCUT2D eigenvalue weighted by Crippen LogP contribution is -2.44. The standard InChI is InChI=1S/C22H21F3O2/c1-14-2-4-15(5-3-14)16-8-10-21(11-9-16)13-19(26)18-7-6-17(22(23,24)25)12-20(18)27-21/h2-7,12,16H,8-11,13H2,1H3. The molecule has 1 heterocycles. The van der Waals surface area contributed by atoms with Crippen molar-refractivity contribution in [1.82, 2.24) is 0 Å². The van der Waals surface area contributed by atoms with E-state index in [1.165, 1.54) is 17.2 Å². The van der Waals surface area contributed by atoms with Crippen molar-refractivity contribution in [3.8, 4) is 5.75 Å². The zero-order chi connectivity index (χ0) is 19.2. The van der Waals surface area contributed by atoms with Gasteiger partial charge < -0.3 is 4.74 Å². The minimum atomic E-state index is -4.45.